The van der Waals surface area contributed by atoms with E-state index in [1.165, 1.54) is 17.4 Å². The van der Waals surface area contributed by atoms with Crippen molar-refractivity contribution in [3.63, 3.8) is 0 Å². The third kappa shape index (κ3) is 4.17. The Morgan fingerprint density at radius 3 is 3.00 bits per heavy atom. The number of aryl methyl sites for hydroxylation is 1. The summed E-state index contributed by atoms with van der Waals surface area (Å²) < 4.78 is 7.31. The molecule has 0 aromatic carbocycles. The number of likely N-dealkylation sites (N-methyl/N-ethyl adjacent to an activating group) is 1. The van der Waals surface area contributed by atoms with Crippen molar-refractivity contribution in [3.8, 4) is 0 Å². The summed E-state index contributed by atoms with van der Waals surface area (Å²) in [5.74, 6) is 0.933. The summed E-state index contributed by atoms with van der Waals surface area (Å²) in [6.07, 6.45) is 6.52. The Hall–Kier alpha value is -2.09. The second-order valence-electron chi connectivity index (χ2n) is 7.45. The van der Waals surface area contributed by atoms with E-state index in [1.54, 1.807) is 24.3 Å². The summed E-state index contributed by atoms with van der Waals surface area (Å²) in [5.41, 5.74) is -0.143. The number of hydrogen-bond acceptors (Lipinski definition) is 5. The fourth-order valence-corrected chi connectivity index (χ4v) is 3.76. The number of ether oxygens (including phenoxy) is 1. The molecule has 1 N–H and O–H groups in total. The fourth-order valence-electron chi connectivity index (χ4n) is 3.76. The first-order valence-electron chi connectivity index (χ1n) is 9.35. The standard InChI is InChI=1S/C18H29N5O3/c1-13-5-4-6-15(13)20-18(25)23-9-10-26-14(12-23)11-22(3)16-17(24)21(2)8-7-19-16/h7-8,13-15H,4-6,9-12H2,1-3H3,(H,20,25)/t13-,14+,15-/m1/s1. The van der Waals surface area contributed by atoms with Gasteiger partial charge in [-0.1, -0.05) is 13.3 Å². The minimum absolute atomic E-state index is 0.00606. The molecule has 26 heavy (non-hydrogen) atoms. The van der Waals surface area contributed by atoms with Crippen LogP contribution in [0, 0.1) is 5.92 Å². The second-order valence-corrected chi connectivity index (χ2v) is 7.45. The zero-order valence-electron chi connectivity index (χ0n) is 15.9. The van der Waals surface area contributed by atoms with Gasteiger partial charge in [-0.15, -0.1) is 0 Å². The summed E-state index contributed by atoms with van der Waals surface area (Å²) >= 11 is 0. The van der Waals surface area contributed by atoms with E-state index in [0.717, 1.165) is 6.42 Å². The molecule has 1 saturated carbocycles. The molecule has 3 atom stereocenters. The molecule has 2 amide bonds. The largest absolute Gasteiger partial charge is 0.373 e. The molecule has 3 rings (SSSR count). The molecular weight excluding hydrogens is 334 g/mol. The van der Waals surface area contributed by atoms with Gasteiger partial charge in [0.2, 0.25) is 0 Å². The summed E-state index contributed by atoms with van der Waals surface area (Å²) in [6, 6.07) is 0.275. The maximum Gasteiger partial charge on any atom is 0.317 e. The van der Waals surface area contributed by atoms with Gasteiger partial charge in [-0.05, 0) is 18.8 Å². The predicted molar refractivity (Wildman–Crippen MR) is 99.4 cm³/mol. The Labute approximate surface area is 154 Å². The van der Waals surface area contributed by atoms with E-state index in [4.69, 9.17) is 4.74 Å². The maximum absolute atomic E-state index is 12.6. The molecule has 0 unspecified atom stereocenters. The number of urea groups is 1. The number of carbonyl (C=O) groups is 1. The van der Waals surface area contributed by atoms with Gasteiger partial charge in [0.05, 0.1) is 19.3 Å². The second kappa shape index (κ2) is 8.07. The molecule has 0 spiro atoms. The summed E-state index contributed by atoms with van der Waals surface area (Å²) in [7, 11) is 3.53. The molecule has 8 nitrogen and oxygen atoms in total. The van der Waals surface area contributed by atoms with Gasteiger partial charge in [0.1, 0.15) is 0 Å². The van der Waals surface area contributed by atoms with Crippen molar-refractivity contribution in [2.75, 3.05) is 38.2 Å². The Morgan fingerprint density at radius 1 is 1.46 bits per heavy atom. The predicted octanol–water partition coefficient (Wildman–Crippen LogP) is 0.816. The Bertz CT molecular complexity index is 692. The zero-order valence-corrected chi connectivity index (χ0v) is 15.9. The van der Waals surface area contributed by atoms with Gasteiger partial charge >= 0.3 is 6.03 Å². The molecule has 1 aromatic heterocycles. The van der Waals surface area contributed by atoms with Gasteiger partial charge in [-0.25, -0.2) is 9.78 Å². The number of nitrogens with zero attached hydrogens (tertiary/aromatic N) is 4. The van der Waals surface area contributed by atoms with E-state index in [2.05, 4.69) is 17.2 Å². The van der Waals surface area contributed by atoms with Crippen molar-refractivity contribution >= 4 is 11.8 Å². The first kappa shape index (κ1) is 18.7. The van der Waals surface area contributed by atoms with Crippen LogP contribution < -0.4 is 15.8 Å². The molecule has 144 valence electrons. The van der Waals surface area contributed by atoms with Crippen molar-refractivity contribution in [1.82, 2.24) is 19.8 Å². The zero-order chi connectivity index (χ0) is 18.7. The van der Waals surface area contributed by atoms with Gasteiger partial charge in [-0.2, -0.15) is 0 Å². The highest BCUT2D eigenvalue weighted by atomic mass is 16.5. The van der Waals surface area contributed by atoms with Gasteiger partial charge < -0.3 is 24.4 Å². The summed E-state index contributed by atoms with van der Waals surface area (Å²) in [4.78, 5) is 32.6. The molecular formula is C18H29N5O3. The normalized spacial score (nSPS) is 26.0. The van der Waals surface area contributed by atoms with Crippen LogP contribution in [0.4, 0.5) is 10.6 Å². The van der Waals surface area contributed by atoms with Crippen LogP contribution in [0.5, 0.6) is 0 Å². The van der Waals surface area contributed by atoms with Crippen LogP contribution in [0.25, 0.3) is 0 Å². The lowest BCUT2D eigenvalue weighted by Gasteiger charge is -2.35. The molecule has 2 fully saturated rings. The monoisotopic (exact) mass is 363 g/mol. The highest BCUT2D eigenvalue weighted by molar-refractivity contribution is 5.74. The van der Waals surface area contributed by atoms with E-state index in [9.17, 15) is 9.59 Å². The third-order valence-corrected chi connectivity index (χ3v) is 5.43. The van der Waals surface area contributed by atoms with E-state index in [-0.39, 0.29) is 23.7 Å². The number of morpholine rings is 1. The fraction of sp³-hybridized carbons (Fsp3) is 0.722. The molecule has 2 aliphatic rings. The summed E-state index contributed by atoms with van der Waals surface area (Å²) in [5, 5.41) is 3.17. The first-order chi connectivity index (χ1) is 12.5. The number of carbonyl (C=O) groups excluding carboxylic acids is 1. The van der Waals surface area contributed by atoms with Crippen molar-refractivity contribution in [3.05, 3.63) is 22.7 Å². The number of rotatable bonds is 4. The maximum atomic E-state index is 12.6. The van der Waals surface area contributed by atoms with Crippen molar-refractivity contribution in [2.24, 2.45) is 13.0 Å². The lowest BCUT2D eigenvalue weighted by atomic mass is 10.1. The average Bonchev–Trinajstić information content (AvgIpc) is 3.02. The Balaban J connectivity index is 1.57. The number of aromatic nitrogens is 2. The molecule has 0 bridgehead atoms. The number of nitrogens with one attached hydrogen (secondary N) is 1. The minimum Gasteiger partial charge on any atom is -0.373 e. The summed E-state index contributed by atoms with van der Waals surface area (Å²) in [6.45, 7) is 4.33. The van der Waals surface area contributed by atoms with E-state index in [1.807, 2.05) is 11.9 Å². The molecule has 8 heteroatoms. The van der Waals surface area contributed by atoms with Crippen LogP contribution in [0.3, 0.4) is 0 Å². The third-order valence-electron chi connectivity index (χ3n) is 5.43. The van der Waals surface area contributed by atoms with Crippen LogP contribution in [0.1, 0.15) is 26.2 Å². The molecule has 1 aliphatic heterocycles. The highest BCUT2D eigenvalue weighted by Crippen LogP contribution is 2.25. The van der Waals surface area contributed by atoms with Gasteiger partial charge in [0.15, 0.2) is 5.82 Å². The van der Waals surface area contributed by atoms with Crippen LogP contribution >= 0.6 is 0 Å². The van der Waals surface area contributed by atoms with Gasteiger partial charge in [-0.3, -0.25) is 4.79 Å². The number of anilines is 1. The lowest BCUT2D eigenvalue weighted by Crippen LogP contribution is -2.54. The average molecular weight is 363 g/mol. The van der Waals surface area contributed by atoms with Crippen molar-refractivity contribution in [1.29, 1.82) is 0 Å². The number of hydrogen-bond donors (Lipinski definition) is 1. The Kier molecular flexibility index (Phi) is 5.80. The smallest absolute Gasteiger partial charge is 0.317 e. The molecule has 0 radical (unpaired) electrons. The first-order valence-corrected chi connectivity index (χ1v) is 9.35. The molecule has 2 heterocycles. The van der Waals surface area contributed by atoms with E-state index in [0.29, 0.717) is 38.0 Å². The molecule has 1 saturated heterocycles. The van der Waals surface area contributed by atoms with Crippen molar-refractivity contribution in [2.45, 2.75) is 38.3 Å². The lowest BCUT2D eigenvalue weighted by molar-refractivity contribution is -0.00962. The van der Waals surface area contributed by atoms with E-state index < -0.39 is 0 Å². The van der Waals surface area contributed by atoms with Gasteiger partial charge in [0.25, 0.3) is 5.56 Å². The SMILES string of the molecule is C[C@@H]1CCC[C@H]1NC(=O)N1CCO[C@@H](CN(C)c2nccn(C)c2=O)C1. The van der Waals surface area contributed by atoms with Crippen LogP contribution in [-0.4, -0.2) is 65.9 Å². The highest BCUT2D eigenvalue weighted by Gasteiger charge is 2.30. The van der Waals surface area contributed by atoms with Crippen LogP contribution in [0.15, 0.2) is 17.2 Å². The topological polar surface area (TPSA) is 79.7 Å². The van der Waals surface area contributed by atoms with Crippen molar-refractivity contribution < 1.29 is 9.53 Å². The van der Waals surface area contributed by atoms with Crippen LogP contribution in [-0.2, 0) is 11.8 Å². The quantitative estimate of drug-likeness (QED) is 0.857. The molecule has 1 aliphatic carbocycles. The van der Waals surface area contributed by atoms with Crippen LogP contribution in [0.2, 0.25) is 0 Å². The Morgan fingerprint density at radius 2 is 2.27 bits per heavy atom. The molecule has 1 aromatic rings. The number of amides is 2. The minimum atomic E-state index is -0.146. The van der Waals surface area contributed by atoms with E-state index >= 15 is 0 Å². The van der Waals surface area contributed by atoms with Gasteiger partial charge in [0, 0.05) is 45.6 Å².